The Morgan fingerprint density at radius 1 is 1.11 bits per heavy atom. The van der Waals surface area contributed by atoms with Crippen molar-refractivity contribution in [2.24, 2.45) is 0 Å². The van der Waals surface area contributed by atoms with Gasteiger partial charge in [-0.15, -0.1) is 0 Å². The fourth-order valence-electron chi connectivity index (χ4n) is 2.89. The molecule has 0 atom stereocenters. The van der Waals surface area contributed by atoms with Crippen molar-refractivity contribution in [1.82, 2.24) is 0 Å². The molecule has 140 valence electrons. The summed E-state index contributed by atoms with van der Waals surface area (Å²) in [6, 6.07) is 14.8. The molecular weight excluding hydrogens is 344 g/mol. The molecule has 0 aliphatic carbocycles. The summed E-state index contributed by atoms with van der Waals surface area (Å²) in [4.78, 5) is 26.5. The number of methoxy groups -OCH3 is 1. The number of carbonyl (C=O) groups is 2. The van der Waals surface area contributed by atoms with Gasteiger partial charge in [-0.1, -0.05) is 30.3 Å². The first kappa shape index (κ1) is 18.7. The normalized spacial score (nSPS) is 14.2. The lowest BCUT2D eigenvalue weighted by Crippen LogP contribution is -2.37. The monoisotopic (exact) mass is 366 g/mol. The third kappa shape index (κ3) is 4.95. The first-order valence-electron chi connectivity index (χ1n) is 8.76. The van der Waals surface area contributed by atoms with Crippen LogP contribution in [-0.4, -0.2) is 45.3 Å². The van der Waals surface area contributed by atoms with E-state index in [4.69, 9.17) is 9.47 Å². The maximum absolute atomic E-state index is 12.2. The fourth-order valence-corrected chi connectivity index (χ4v) is 2.89. The van der Waals surface area contributed by atoms with Crippen LogP contribution in [0.2, 0.25) is 0 Å². The van der Waals surface area contributed by atoms with Crippen molar-refractivity contribution in [2.75, 3.05) is 43.6 Å². The lowest BCUT2D eigenvalue weighted by Gasteiger charge is -2.30. The fraction of sp³-hybridized carbons (Fsp3) is 0.238. The highest BCUT2D eigenvalue weighted by atomic mass is 16.5. The number of carbonyl (C=O) groups excluding carboxylic acids is 2. The number of morpholine rings is 1. The minimum absolute atomic E-state index is 0.270. The average molecular weight is 366 g/mol. The van der Waals surface area contributed by atoms with Crippen LogP contribution in [0.15, 0.2) is 54.6 Å². The smallest absolute Gasteiger partial charge is 0.340 e. The third-order valence-corrected chi connectivity index (χ3v) is 4.25. The minimum Gasteiger partial charge on any atom is -0.465 e. The van der Waals surface area contributed by atoms with Crippen molar-refractivity contribution >= 4 is 29.3 Å². The molecule has 0 spiro atoms. The third-order valence-electron chi connectivity index (χ3n) is 4.25. The van der Waals surface area contributed by atoms with E-state index >= 15 is 0 Å². The Bertz CT molecular complexity index is 827. The molecule has 2 aromatic rings. The quantitative estimate of drug-likeness (QED) is 0.651. The van der Waals surface area contributed by atoms with Gasteiger partial charge in [0.15, 0.2) is 0 Å². The van der Waals surface area contributed by atoms with E-state index in [9.17, 15) is 9.59 Å². The Balaban J connectivity index is 1.76. The molecule has 1 N–H and O–H groups in total. The van der Waals surface area contributed by atoms with Gasteiger partial charge in [0.1, 0.15) is 0 Å². The number of hydrogen-bond donors (Lipinski definition) is 1. The van der Waals surface area contributed by atoms with Crippen LogP contribution in [0.1, 0.15) is 15.9 Å². The summed E-state index contributed by atoms with van der Waals surface area (Å²) >= 11 is 0. The molecule has 0 unspecified atom stereocenters. The van der Waals surface area contributed by atoms with Gasteiger partial charge in [-0.05, 0) is 29.8 Å². The van der Waals surface area contributed by atoms with Crippen LogP contribution in [0.25, 0.3) is 6.08 Å². The van der Waals surface area contributed by atoms with Gasteiger partial charge in [0, 0.05) is 24.9 Å². The Kier molecular flexibility index (Phi) is 6.22. The Labute approximate surface area is 158 Å². The van der Waals surface area contributed by atoms with Gasteiger partial charge in [0.2, 0.25) is 5.91 Å². The van der Waals surface area contributed by atoms with E-state index in [0.717, 1.165) is 11.3 Å². The van der Waals surface area contributed by atoms with Crippen LogP contribution in [0.3, 0.4) is 0 Å². The molecule has 0 radical (unpaired) electrons. The predicted molar refractivity (Wildman–Crippen MR) is 105 cm³/mol. The predicted octanol–water partition coefficient (Wildman–Crippen LogP) is 2.96. The van der Waals surface area contributed by atoms with Crippen molar-refractivity contribution in [1.29, 1.82) is 0 Å². The first-order valence-corrected chi connectivity index (χ1v) is 8.76. The zero-order valence-corrected chi connectivity index (χ0v) is 15.2. The first-order chi connectivity index (χ1) is 13.2. The molecule has 0 bridgehead atoms. The second kappa shape index (κ2) is 9.00. The average Bonchev–Trinajstić information content (AvgIpc) is 2.73. The number of ether oxygens (including phenoxy) is 2. The van der Waals surface area contributed by atoms with Crippen molar-refractivity contribution in [3.05, 3.63) is 65.7 Å². The molecule has 3 rings (SSSR count). The topological polar surface area (TPSA) is 67.9 Å². The van der Waals surface area contributed by atoms with Gasteiger partial charge in [-0.3, -0.25) is 4.79 Å². The van der Waals surface area contributed by atoms with E-state index in [1.54, 1.807) is 18.2 Å². The number of anilines is 2. The van der Waals surface area contributed by atoms with Crippen molar-refractivity contribution < 1.29 is 19.1 Å². The maximum atomic E-state index is 12.2. The summed E-state index contributed by atoms with van der Waals surface area (Å²) in [5.74, 6) is -0.707. The number of benzene rings is 2. The molecule has 1 amide bonds. The van der Waals surface area contributed by atoms with Crippen LogP contribution in [0.4, 0.5) is 11.4 Å². The number of esters is 1. The van der Waals surface area contributed by atoms with Gasteiger partial charge < -0.3 is 19.7 Å². The number of nitrogens with one attached hydrogen (secondary N) is 1. The second-order valence-corrected chi connectivity index (χ2v) is 6.06. The molecule has 6 nitrogen and oxygen atoms in total. The molecule has 0 aromatic heterocycles. The lowest BCUT2D eigenvalue weighted by atomic mass is 10.1. The summed E-state index contributed by atoms with van der Waals surface area (Å²) < 4.78 is 10.3. The molecule has 1 aliphatic rings. The van der Waals surface area contributed by atoms with Crippen molar-refractivity contribution in [3.63, 3.8) is 0 Å². The van der Waals surface area contributed by atoms with E-state index in [-0.39, 0.29) is 5.91 Å². The Morgan fingerprint density at radius 3 is 2.56 bits per heavy atom. The van der Waals surface area contributed by atoms with E-state index in [0.29, 0.717) is 37.6 Å². The van der Waals surface area contributed by atoms with Crippen molar-refractivity contribution in [2.45, 2.75) is 0 Å². The van der Waals surface area contributed by atoms with Gasteiger partial charge >= 0.3 is 5.97 Å². The van der Waals surface area contributed by atoms with E-state index in [1.165, 1.54) is 13.2 Å². The van der Waals surface area contributed by atoms with E-state index in [1.807, 2.05) is 36.4 Å². The van der Waals surface area contributed by atoms with Gasteiger partial charge in [-0.2, -0.15) is 0 Å². The SMILES string of the molecule is COC(=O)c1cc(NC(=O)/C=C/c2ccccc2)ccc1N1CCOCC1. The molecular formula is C21H22N2O4. The zero-order valence-electron chi connectivity index (χ0n) is 15.2. The Hall–Kier alpha value is -3.12. The number of nitrogens with zero attached hydrogens (tertiary/aromatic N) is 1. The molecule has 27 heavy (non-hydrogen) atoms. The highest BCUT2D eigenvalue weighted by molar-refractivity contribution is 6.03. The largest absolute Gasteiger partial charge is 0.465 e. The van der Waals surface area contributed by atoms with Gasteiger partial charge in [0.25, 0.3) is 0 Å². The van der Waals surface area contributed by atoms with E-state index in [2.05, 4.69) is 10.2 Å². The number of hydrogen-bond acceptors (Lipinski definition) is 5. The summed E-state index contributed by atoms with van der Waals surface area (Å²) in [5.41, 5.74) is 2.67. The zero-order chi connectivity index (χ0) is 19.1. The highest BCUT2D eigenvalue weighted by Crippen LogP contribution is 2.26. The van der Waals surface area contributed by atoms with E-state index < -0.39 is 5.97 Å². The van der Waals surface area contributed by atoms with Crippen LogP contribution in [-0.2, 0) is 14.3 Å². The highest BCUT2D eigenvalue weighted by Gasteiger charge is 2.20. The second-order valence-electron chi connectivity index (χ2n) is 6.06. The van der Waals surface area contributed by atoms with Crippen LogP contribution >= 0.6 is 0 Å². The van der Waals surface area contributed by atoms with Crippen molar-refractivity contribution in [3.8, 4) is 0 Å². The van der Waals surface area contributed by atoms with Gasteiger partial charge in [0.05, 0.1) is 31.6 Å². The summed E-state index contributed by atoms with van der Waals surface area (Å²) in [7, 11) is 1.35. The summed E-state index contributed by atoms with van der Waals surface area (Å²) in [6.07, 6.45) is 3.20. The maximum Gasteiger partial charge on any atom is 0.340 e. The molecule has 1 heterocycles. The molecule has 2 aromatic carbocycles. The molecule has 0 saturated carbocycles. The van der Waals surface area contributed by atoms with Gasteiger partial charge in [-0.25, -0.2) is 4.79 Å². The molecule has 1 fully saturated rings. The molecule has 1 saturated heterocycles. The number of amides is 1. The number of rotatable bonds is 5. The summed E-state index contributed by atoms with van der Waals surface area (Å²) in [6.45, 7) is 2.64. The molecule has 6 heteroatoms. The van der Waals surface area contributed by atoms with Crippen LogP contribution < -0.4 is 10.2 Å². The van der Waals surface area contributed by atoms with Crippen LogP contribution in [0.5, 0.6) is 0 Å². The summed E-state index contributed by atoms with van der Waals surface area (Å²) in [5, 5.41) is 2.78. The standard InChI is InChI=1S/C21H22N2O4/c1-26-21(25)18-15-17(8-9-19(18)23-11-13-27-14-12-23)22-20(24)10-7-16-5-3-2-4-6-16/h2-10,15H,11-14H2,1H3,(H,22,24)/b10-7+. The Morgan fingerprint density at radius 2 is 1.85 bits per heavy atom. The molecule has 1 aliphatic heterocycles. The lowest BCUT2D eigenvalue weighted by molar-refractivity contribution is -0.111. The minimum atomic E-state index is -0.438. The van der Waals surface area contributed by atoms with Crippen LogP contribution in [0, 0.1) is 0 Å².